The molecule has 0 bridgehead atoms. The Morgan fingerprint density at radius 1 is 1.62 bits per heavy atom. The van der Waals surface area contributed by atoms with E-state index in [-0.39, 0.29) is 17.0 Å². The van der Waals surface area contributed by atoms with Gasteiger partial charge in [-0.15, -0.1) is 0 Å². The summed E-state index contributed by atoms with van der Waals surface area (Å²) in [5, 5.41) is 0. The van der Waals surface area contributed by atoms with E-state index in [1.54, 1.807) is 0 Å². The number of esters is 1. The first-order chi connectivity index (χ1) is 6.02. The minimum absolute atomic E-state index is 0.00917. The van der Waals surface area contributed by atoms with Gasteiger partial charge in [-0.05, 0) is 19.8 Å². The topological polar surface area (TPSA) is 38.8 Å². The van der Waals surface area contributed by atoms with E-state index < -0.39 is 0 Å². The lowest BCUT2D eigenvalue weighted by atomic mass is 9.77. The predicted octanol–water partition coefficient (Wildman–Crippen LogP) is 1.51. The number of epoxide rings is 1. The van der Waals surface area contributed by atoms with Crippen molar-refractivity contribution in [2.24, 2.45) is 5.41 Å². The molecule has 1 aliphatic carbocycles. The Kier molecular flexibility index (Phi) is 1.71. The Balaban J connectivity index is 2.08. The van der Waals surface area contributed by atoms with Crippen molar-refractivity contribution >= 4 is 5.97 Å². The van der Waals surface area contributed by atoms with Crippen LogP contribution in [-0.2, 0) is 14.3 Å². The highest BCUT2D eigenvalue weighted by molar-refractivity contribution is 5.70. The first-order valence-electron chi connectivity index (χ1n) is 4.76. The number of methoxy groups -OCH3 is 1. The second-order valence-corrected chi connectivity index (χ2v) is 4.57. The Hall–Kier alpha value is -0.570. The third kappa shape index (κ3) is 1.10. The minimum Gasteiger partial charge on any atom is -0.469 e. The number of carbonyl (C=O) groups is 1. The molecule has 1 aliphatic heterocycles. The van der Waals surface area contributed by atoms with Gasteiger partial charge < -0.3 is 9.47 Å². The molecule has 1 saturated heterocycles. The lowest BCUT2D eigenvalue weighted by molar-refractivity contribution is -0.144. The van der Waals surface area contributed by atoms with Crippen LogP contribution in [-0.4, -0.2) is 24.8 Å². The van der Waals surface area contributed by atoms with Gasteiger partial charge in [0.2, 0.25) is 0 Å². The van der Waals surface area contributed by atoms with Crippen molar-refractivity contribution in [2.45, 2.75) is 44.8 Å². The van der Waals surface area contributed by atoms with Gasteiger partial charge in [-0.3, -0.25) is 4.79 Å². The van der Waals surface area contributed by atoms with E-state index in [0.717, 1.165) is 12.8 Å². The molecule has 0 radical (unpaired) electrons. The molecule has 74 valence electrons. The van der Waals surface area contributed by atoms with E-state index in [9.17, 15) is 4.79 Å². The van der Waals surface area contributed by atoms with Crippen molar-refractivity contribution in [3.63, 3.8) is 0 Å². The third-order valence-corrected chi connectivity index (χ3v) is 3.86. The molecule has 0 aromatic rings. The van der Waals surface area contributed by atoms with E-state index in [1.165, 1.54) is 7.11 Å². The molecule has 0 spiro atoms. The van der Waals surface area contributed by atoms with Gasteiger partial charge in [-0.2, -0.15) is 0 Å². The van der Waals surface area contributed by atoms with Gasteiger partial charge in [0.1, 0.15) is 0 Å². The summed E-state index contributed by atoms with van der Waals surface area (Å²) >= 11 is 0. The number of ether oxygens (including phenoxy) is 2. The van der Waals surface area contributed by atoms with Crippen LogP contribution >= 0.6 is 0 Å². The normalized spacial score (nSPS) is 47.2. The van der Waals surface area contributed by atoms with Crippen LogP contribution < -0.4 is 0 Å². The van der Waals surface area contributed by atoms with Crippen LogP contribution in [0.25, 0.3) is 0 Å². The maximum atomic E-state index is 11.2. The summed E-state index contributed by atoms with van der Waals surface area (Å²) < 4.78 is 10.3. The maximum absolute atomic E-state index is 11.2. The van der Waals surface area contributed by atoms with E-state index >= 15 is 0 Å². The van der Waals surface area contributed by atoms with Crippen molar-refractivity contribution in [1.29, 1.82) is 0 Å². The molecule has 13 heavy (non-hydrogen) atoms. The first kappa shape index (κ1) is 9.00. The van der Waals surface area contributed by atoms with E-state index in [4.69, 9.17) is 9.47 Å². The standard InChI is InChI=1S/C10H16O3/c1-9(6-8(11)12-3)5-4-7-10(9,2)13-7/h7H,4-6H2,1-3H3/t7?,9-,10?/m0/s1. The van der Waals surface area contributed by atoms with Gasteiger partial charge in [0.15, 0.2) is 0 Å². The van der Waals surface area contributed by atoms with Crippen molar-refractivity contribution in [3.8, 4) is 0 Å². The summed E-state index contributed by atoms with van der Waals surface area (Å²) in [5.41, 5.74) is -0.0635. The molecule has 1 saturated carbocycles. The van der Waals surface area contributed by atoms with Crippen molar-refractivity contribution in [2.75, 3.05) is 7.11 Å². The zero-order valence-corrected chi connectivity index (χ0v) is 8.42. The van der Waals surface area contributed by atoms with Crippen LogP contribution in [0.3, 0.4) is 0 Å². The van der Waals surface area contributed by atoms with Crippen LogP contribution in [0.15, 0.2) is 0 Å². The predicted molar refractivity (Wildman–Crippen MR) is 47.3 cm³/mol. The molecule has 0 aromatic heterocycles. The summed E-state index contributed by atoms with van der Waals surface area (Å²) in [5.74, 6) is -0.125. The van der Waals surface area contributed by atoms with Gasteiger partial charge in [0.05, 0.1) is 25.2 Å². The number of fused-ring (bicyclic) bond motifs is 1. The highest BCUT2D eigenvalue weighted by Crippen LogP contribution is 2.62. The average molecular weight is 184 g/mol. The molecule has 2 fully saturated rings. The Labute approximate surface area is 78.4 Å². The Bertz CT molecular complexity index is 249. The van der Waals surface area contributed by atoms with E-state index in [2.05, 4.69) is 13.8 Å². The second-order valence-electron chi connectivity index (χ2n) is 4.57. The molecule has 0 amide bonds. The molecule has 1 heterocycles. The molecule has 2 rings (SSSR count). The number of hydrogen-bond acceptors (Lipinski definition) is 3. The van der Waals surface area contributed by atoms with Gasteiger partial charge in [0, 0.05) is 5.41 Å². The molecule has 0 aromatic carbocycles. The molecular weight excluding hydrogens is 168 g/mol. The Morgan fingerprint density at radius 2 is 2.31 bits per heavy atom. The monoisotopic (exact) mass is 184 g/mol. The van der Waals surface area contributed by atoms with Crippen LogP contribution in [0, 0.1) is 5.41 Å². The average Bonchev–Trinajstić information content (AvgIpc) is 2.69. The highest BCUT2D eigenvalue weighted by Gasteiger charge is 2.68. The van der Waals surface area contributed by atoms with E-state index in [1.807, 2.05) is 0 Å². The Morgan fingerprint density at radius 3 is 2.69 bits per heavy atom. The van der Waals surface area contributed by atoms with Crippen LogP contribution in [0.5, 0.6) is 0 Å². The first-order valence-corrected chi connectivity index (χ1v) is 4.76. The minimum atomic E-state index is -0.125. The molecule has 2 unspecified atom stereocenters. The molecule has 3 atom stereocenters. The molecular formula is C10H16O3. The largest absolute Gasteiger partial charge is 0.469 e. The molecule has 3 nitrogen and oxygen atoms in total. The van der Waals surface area contributed by atoms with Gasteiger partial charge in [-0.25, -0.2) is 0 Å². The second kappa shape index (κ2) is 2.47. The van der Waals surface area contributed by atoms with Crippen molar-refractivity contribution in [1.82, 2.24) is 0 Å². The van der Waals surface area contributed by atoms with Gasteiger partial charge in [-0.1, -0.05) is 6.92 Å². The summed E-state index contributed by atoms with van der Waals surface area (Å²) in [7, 11) is 1.44. The maximum Gasteiger partial charge on any atom is 0.306 e. The lowest BCUT2D eigenvalue weighted by Crippen LogP contribution is -2.33. The molecule has 2 aliphatic rings. The van der Waals surface area contributed by atoms with Gasteiger partial charge >= 0.3 is 5.97 Å². The number of hydrogen-bond donors (Lipinski definition) is 0. The molecule has 0 N–H and O–H groups in total. The summed E-state index contributed by atoms with van der Waals surface area (Å²) in [4.78, 5) is 11.2. The van der Waals surface area contributed by atoms with Crippen LogP contribution in [0.1, 0.15) is 33.1 Å². The highest BCUT2D eigenvalue weighted by atomic mass is 16.6. The fraction of sp³-hybridized carbons (Fsp3) is 0.900. The zero-order chi connectivity index (χ0) is 9.69. The number of rotatable bonds is 2. The number of carbonyl (C=O) groups excluding carboxylic acids is 1. The SMILES string of the molecule is COC(=O)C[C@]1(C)CCC2OC21C. The quantitative estimate of drug-likeness (QED) is 0.482. The van der Waals surface area contributed by atoms with Crippen LogP contribution in [0.4, 0.5) is 0 Å². The zero-order valence-electron chi connectivity index (χ0n) is 8.42. The van der Waals surface area contributed by atoms with Crippen LogP contribution in [0.2, 0.25) is 0 Å². The third-order valence-electron chi connectivity index (χ3n) is 3.86. The van der Waals surface area contributed by atoms with Crippen molar-refractivity contribution in [3.05, 3.63) is 0 Å². The van der Waals surface area contributed by atoms with E-state index in [0.29, 0.717) is 12.5 Å². The van der Waals surface area contributed by atoms with Crippen molar-refractivity contribution < 1.29 is 14.3 Å². The summed E-state index contributed by atoms with van der Waals surface area (Å²) in [6.45, 7) is 4.23. The lowest BCUT2D eigenvalue weighted by Gasteiger charge is -2.28. The smallest absolute Gasteiger partial charge is 0.306 e. The fourth-order valence-electron chi connectivity index (χ4n) is 2.48. The molecule has 3 heteroatoms. The summed E-state index contributed by atoms with van der Waals surface area (Å²) in [6.07, 6.45) is 3.03. The fourth-order valence-corrected chi connectivity index (χ4v) is 2.48. The van der Waals surface area contributed by atoms with Gasteiger partial charge in [0.25, 0.3) is 0 Å². The summed E-state index contributed by atoms with van der Waals surface area (Å²) in [6, 6.07) is 0.